The molecule has 4 aromatic heterocycles. The van der Waals surface area contributed by atoms with E-state index in [1.165, 1.54) is 21.8 Å². The lowest BCUT2D eigenvalue weighted by molar-refractivity contribution is -0.0434. The van der Waals surface area contributed by atoms with Gasteiger partial charge in [-0.2, -0.15) is 13.1 Å². The van der Waals surface area contributed by atoms with Gasteiger partial charge in [-0.25, -0.2) is 47.4 Å². The highest BCUT2D eigenvalue weighted by Gasteiger charge is 2.53. The van der Waals surface area contributed by atoms with Gasteiger partial charge in [0.25, 0.3) is 0 Å². The molecule has 3 fully saturated rings. The number of hydrogen-bond acceptors (Lipinski definition) is 16. The quantitative estimate of drug-likeness (QED) is 0.161. The van der Waals surface area contributed by atoms with Crippen LogP contribution in [0.1, 0.15) is 12.5 Å². The van der Waals surface area contributed by atoms with E-state index in [1.54, 1.807) is 0 Å². The van der Waals surface area contributed by atoms with E-state index in [-0.39, 0.29) is 34.0 Å². The maximum atomic E-state index is 15.9. The number of nitrogen functional groups attached to an aromatic ring is 2. The van der Waals surface area contributed by atoms with Crippen LogP contribution >= 0.6 is 19.0 Å². The van der Waals surface area contributed by atoms with Crippen LogP contribution in [0, 0.1) is 0 Å². The summed E-state index contributed by atoms with van der Waals surface area (Å²) in [6.45, 7) is -5.80. The summed E-state index contributed by atoms with van der Waals surface area (Å²) >= 11 is 3.96. The first-order valence-electron chi connectivity index (χ1n) is 12.7. The molecule has 24 heteroatoms. The molecule has 0 aromatic carbocycles. The van der Waals surface area contributed by atoms with Crippen molar-refractivity contribution in [1.82, 2.24) is 43.8 Å². The van der Waals surface area contributed by atoms with Gasteiger partial charge in [0.1, 0.15) is 48.1 Å². The topological polar surface area (TPSA) is 249 Å². The van der Waals surface area contributed by atoms with E-state index >= 15 is 8.78 Å². The van der Waals surface area contributed by atoms with Gasteiger partial charge >= 0.3 is 17.1 Å². The molecule has 19 nitrogen and oxygen atoms in total. The van der Waals surface area contributed by atoms with Crippen LogP contribution in [0.25, 0.3) is 22.3 Å². The average Bonchev–Trinajstić information content (AvgIpc) is 3.73. The standard InChI is InChI=1S/C20H22F2N11O8PS2/c21-9-13-7(38-19(9)32-5-29-11-15(23)25-3-27-17(11)32)1-31-44(35,36)41-14-8(2-37-42(34,43)40-13)39-20(10(14)22)33-6-30-12-16(24)26-4-28-18(12)33/h3-10,13-14,19-20,31H,1-2H2,(H,34,43)(H2,23,25,27)(H2,24,26,28)/t7-,8-,9-,10-,13-,14-,19-,20-,42-/m1/s1. The third kappa shape index (κ3) is 5.06. The van der Waals surface area contributed by atoms with Crippen LogP contribution in [0.15, 0.2) is 25.3 Å². The number of halogens is 2. The molecule has 0 amide bonds. The van der Waals surface area contributed by atoms with Gasteiger partial charge in [-0.3, -0.25) is 18.2 Å². The molecule has 4 aromatic rings. The van der Waals surface area contributed by atoms with Crippen molar-refractivity contribution >= 4 is 63.3 Å². The first kappa shape index (κ1) is 29.6. The van der Waals surface area contributed by atoms with Crippen LogP contribution in [-0.4, -0.2) is 97.4 Å². The second-order valence-electron chi connectivity index (χ2n) is 9.88. The fourth-order valence-electron chi connectivity index (χ4n) is 5.20. The number of nitrogens with zero attached hydrogens (tertiary/aromatic N) is 8. The fourth-order valence-corrected chi connectivity index (χ4v) is 7.65. The molecule has 3 saturated heterocycles. The second-order valence-corrected chi connectivity index (χ2v) is 14.1. The highest BCUT2D eigenvalue weighted by atomic mass is 32.7. The maximum Gasteiger partial charge on any atom is 0.386 e. The maximum absolute atomic E-state index is 15.9. The molecule has 7 heterocycles. The number of rotatable bonds is 2. The molecule has 0 radical (unpaired) electrons. The minimum absolute atomic E-state index is 0.0213. The van der Waals surface area contributed by atoms with Crippen molar-refractivity contribution in [3.63, 3.8) is 0 Å². The average molecular weight is 678 g/mol. The highest BCUT2D eigenvalue weighted by Crippen LogP contribution is 2.57. The Labute approximate surface area is 250 Å². The van der Waals surface area contributed by atoms with Crippen LogP contribution in [-0.2, 0) is 37.6 Å². The minimum atomic E-state index is -4.73. The SMILES string of the molecule is Nc1ncnc2c1ncn2[C@@H]1O[C@@H]2CNS(=O)(=O)O[C@H]3[C@@H](F)[C@H](n4cnc5c(N)ncnc54)O[C@@H]3CO[P@@](=O)(S)O[C@H]2[C@H]1F. The number of alkyl halides is 2. The van der Waals surface area contributed by atoms with Gasteiger partial charge in [-0.05, 0) is 0 Å². The molecule has 44 heavy (non-hydrogen) atoms. The monoisotopic (exact) mass is 677 g/mol. The summed E-state index contributed by atoms with van der Waals surface area (Å²) in [7, 11) is -4.73. The molecule has 236 valence electrons. The number of fused-ring (bicyclic) bond motifs is 4. The molecule has 0 unspecified atom stereocenters. The highest BCUT2D eigenvalue weighted by molar-refractivity contribution is 8.44. The lowest BCUT2D eigenvalue weighted by Gasteiger charge is -2.26. The predicted molar refractivity (Wildman–Crippen MR) is 146 cm³/mol. The van der Waals surface area contributed by atoms with Gasteiger partial charge in [-0.1, -0.05) is 12.2 Å². The Kier molecular flexibility index (Phi) is 7.21. The summed E-state index contributed by atoms with van der Waals surface area (Å²) in [5.41, 5.74) is 12.2. The molecule has 7 rings (SSSR count). The van der Waals surface area contributed by atoms with Crippen molar-refractivity contribution in [2.45, 2.75) is 49.2 Å². The molecule has 9 atom stereocenters. The molecule has 3 aliphatic heterocycles. The number of hydrogen-bond donors (Lipinski definition) is 4. The molecule has 5 N–H and O–H groups in total. The van der Waals surface area contributed by atoms with Crippen molar-refractivity contribution < 1.29 is 44.5 Å². The van der Waals surface area contributed by atoms with Gasteiger partial charge in [0, 0.05) is 6.54 Å². The number of nitrogens with one attached hydrogen (secondary N) is 1. The Balaban J connectivity index is 1.17. The van der Waals surface area contributed by atoms with Gasteiger partial charge < -0.3 is 20.9 Å². The summed E-state index contributed by atoms with van der Waals surface area (Å²) in [6, 6.07) is 0. The van der Waals surface area contributed by atoms with E-state index in [0.717, 1.165) is 12.7 Å². The zero-order valence-corrected chi connectivity index (χ0v) is 24.5. The largest absolute Gasteiger partial charge is 0.386 e. The van der Waals surface area contributed by atoms with Crippen molar-refractivity contribution in [2.24, 2.45) is 0 Å². The Morgan fingerprint density at radius 2 is 1.43 bits per heavy atom. The van der Waals surface area contributed by atoms with Crippen molar-refractivity contribution in [2.75, 3.05) is 24.6 Å². The van der Waals surface area contributed by atoms with Crippen LogP contribution in [0.2, 0.25) is 0 Å². The molecule has 0 spiro atoms. The zero-order chi connectivity index (χ0) is 31.0. The van der Waals surface area contributed by atoms with E-state index < -0.39 is 79.5 Å². The molecular formula is C20H22F2N11O8PS2. The van der Waals surface area contributed by atoms with E-state index in [1.807, 2.05) is 0 Å². The van der Waals surface area contributed by atoms with Crippen molar-refractivity contribution in [3.8, 4) is 0 Å². The number of thiol groups is 1. The van der Waals surface area contributed by atoms with Crippen LogP contribution in [0.5, 0.6) is 0 Å². The van der Waals surface area contributed by atoms with E-state index in [9.17, 15) is 13.0 Å². The molecule has 0 bridgehead atoms. The first-order valence-corrected chi connectivity index (χ1v) is 16.8. The summed E-state index contributed by atoms with van der Waals surface area (Å²) in [5.74, 6) is 0.0517. The first-order chi connectivity index (χ1) is 20.9. The second kappa shape index (κ2) is 10.7. The van der Waals surface area contributed by atoms with E-state index in [0.29, 0.717) is 0 Å². The van der Waals surface area contributed by atoms with Crippen molar-refractivity contribution in [1.29, 1.82) is 0 Å². The summed E-state index contributed by atoms with van der Waals surface area (Å²) in [6.07, 6.45) is -8.92. The molecule has 0 saturated carbocycles. The summed E-state index contributed by atoms with van der Waals surface area (Å²) in [4.78, 5) is 23.9. The fraction of sp³-hybridized carbons (Fsp3) is 0.500. The van der Waals surface area contributed by atoms with Gasteiger partial charge in [0.05, 0.1) is 19.3 Å². The lowest BCUT2D eigenvalue weighted by Crippen LogP contribution is -2.44. The van der Waals surface area contributed by atoms with Crippen molar-refractivity contribution in [3.05, 3.63) is 25.3 Å². The van der Waals surface area contributed by atoms with Gasteiger partial charge in [-0.15, -0.1) is 0 Å². The summed E-state index contributed by atoms with van der Waals surface area (Å²) in [5, 5.41) is 0. The Bertz CT molecular complexity index is 1900. The third-order valence-corrected chi connectivity index (χ3v) is 9.82. The Hall–Kier alpha value is -3.15. The van der Waals surface area contributed by atoms with E-state index in [4.69, 9.17) is 34.2 Å². The zero-order valence-electron chi connectivity index (χ0n) is 21.9. The molecule has 3 aliphatic rings. The van der Waals surface area contributed by atoms with Gasteiger partial charge in [0.2, 0.25) is 0 Å². The third-order valence-electron chi connectivity index (χ3n) is 7.21. The van der Waals surface area contributed by atoms with Crippen LogP contribution < -0.4 is 16.2 Å². The Morgan fingerprint density at radius 3 is 2.02 bits per heavy atom. The molecular weight excluding hydrogens is 655 g/mol. The summed E-state index contributed by atoms with van der Waals surface area (Å²) < 4.78 is 103. The van der Waals surface area contributed by atoms with Crippen LogP contribution in [0.4, 0.5) is 20.4 Å². The smallest absolute Gasteiger partial charge is 0.382 e. The predicted octanol–water partition coefficient (Wildman–Crippen LogP) is -0.0255. The molecule has 0 aliphatic carbocycles. The number of imidazole rings is 2. The number of ether oxygens (including phenoxy) is 2. The van der Waals surface area contributed by atoms with E-state index in [2.05, 4.69) is 46.9 Å². The normalized spacial score (nSPS) is 36.1. The number of nitrogens with two attached hydrogens (primary N) is 2. The van der Waals surface area contributed by atoms with Gasteiger partial charge in [0.15, 0.2) is 47.7 Å². The Morgan fingerprint density at radius 1 is 0.886 bits per heavy atom. The van der Waals surface area contributed by atoms with Crippen LogP contribution in [0.3, 0.4) is 0 Å². The minimum Gasteiger partial charge on any atom is -0.382 e. The lowest BCUT2D eigenvalue weighted by atomic mass is 10.1. The number of aromatic nitrogens is 8. The number of anilines is 2.